The number of nitrogens with two attached hydrogens (primary N) is 1. The SMILES string of the molecule is Nc1cccc2oc(=O)n(Cc3cccnc3)c12. The van der Waals surface area contributed by atoms with E-state index in [9.17, 15) is 4.79 Å². The monoisotopic (exact) mass is 241 g/mol. The first-order valence-corrected chi connectivity index (χ1v) is 5.52. The third kappa shape index (κ3) is 1.66. The molecule has 0 aliphatic rings. The highest BCUT2D eigenvalue weighted by Gasteiger charge is 2.11. The number of aromatic nitrogens is 2. The molecule has 2 N–H and O–H groups in total. The fourth-order valence-electron chi connectivity index (χ4n) is 1.97. The van der Waals surface area contributed by atoms with Gasteiger partial charge < -0.3 is 10.2 Å². The van der Waals surface area contributed by atoms with Crippen molar-refractivity contribution >= 4 is 16.8 Å². The van der Waals surface area contributed by atoms with Gasteiger partial charge >= 0.3 is 5.76 Å². The molecule has 2 aromatic heterocycles. The van der Waals surface area contributed by atoms with Gasteiger partial charge in [-0.15, -0.1) is 0 Å². The number of nitrogen functional groups attached to an aromatic ring is 1. The van der Waals surface area contributed by atoms with Gasteiger partial charge in [0, 0.05) is 12.4 Å². The van der Waals surface area contributed by atoms with Crippen LogP contribution in [0, 0.1) is 0 Å². The first-order valence-electron chi connectivity index (χ1n) is 5.52. The fraction of sp³-hybridized carbons (Fsp3) is 0.0769. The number of rotatable bonds is 2. The van der Waals surface area contributed by atoms with E-state index in [2.05, 4.69) is 4.98 Å². The van der Waals surface area contributed by atoms with Crippen LogP contribution in [-0.2, 0) is 6.54 Å². The third-order valence-corrected chi connectivity index (χ3v) is 2.78. The number of fused-ring (bicyclic) bond motifs is 1. The zero-order chi connectivity index (χ0) is 12.5. The van der Waals surface area contributed by atoms with Crippen LogP contribution in [0.1, 0.15) is 5.56 Å². The average molecular weight is 241 g/mol. The molecule has 5 nitrogen and oxygen atoms in total. The standard InChI is InChI=1S/C13H11N3O2/c14-10-4-1-5-11-12(10)16(13(17)18-11)8-9-3-2-6-15-7-9/h1-7H,8,14H2. The van der Waals surface area contributed by atoms with Crippen molar-refractivity contribution in [3.8, 4) is 0 Å². The lowest BCUT2D eigenvalue weighted by Gasteiger charge is -2.03. The Bertz CT molecular complexity index is 744. The van der Waals surface area contributed by atoms with Gasteiger partial charge in [0.05, 0.1) is 12.2 Å². The first kappa shape index (κ1) is 10.6. The van der Waals surface area contributed by atoms with Crippen LogP contribution < -0.4 is 11.5 Å². The first-order chi connectivity index (χ1) is 8.75. The maximum atomic E-state index is 11.8. The normalized spacial score (nSPS) is 10.9. The summed E-state index contributed by atoms with van der Waals surface area (Å²) in [5, 5.41) is 0. The molecule has 0 radical (unpaired) electrons. The summed E-state index contributed by atoms with van der Waals surface area (Å²) in [7, 11) is 0. The molecule has 0 amide bonds. The van der Waals surface area contributed by atoms with Gasteiger partial charge in [-0.1, -0.05) is 12.1 Å². The largest absolute Gasteiger partial charge is 0.420 e. The van der Waals surface area contributed by atoms with Gasteiger partial charge in [-0.3, -0.25) is 9.55 Å². The molecular weight excluding hydrogens is 230 g/mol. The van der Waals surface area contributed by atoms with E-state index in [0.29, 0.717) is 23.3 Å². The van der Waals surface area contributed by atoms with Crippen LogP contribution >= 0.6 is 0 Å². The highest BCUT2D eigenvalue weighted by Crippen LogP contribution is 2.20. The van der Waals surface area contributed by atoms with Gasteiger partial charge in [0.15, 0.2) is 5.58 Å². The quantitative estimate of drug-likeness (QED) is 0.692. The zero-order valence-electron chi connectivity index (χ0n) is 9.54. The Hall–Kier alpha value is -2.56. The number of oxazole rings is 1. The Kier molecular flexibility index (Phi) is 2.37. The summed E-state index contributed by atoms with van der Waals surface area (Å²) in [6.45, 7) is 0.397. The van der Waals surface area contributed by atoms with Gasteiger partial charge in [0.25, 0.3) is 0 Å². The number of para-hydroxylation sites is 1. The van der Waals surface area contributed by atoms with E-state index < -0.39 is 5.76 Å². The van der Waals surface area contributed by atoms with Crippen molar-refractivity contribution in [2.45, 2.75) is 6.54 Å². The predicted octanol–water partition coefficient (Wildman–Crippen LogP) is 1.62. The molecule has 0 saturated carbocycles. The number of hydrogen-bond donors (Lipinski definition) is 1. The highest BCUT2D eigenvalue weighted by atomic mass is 16.4. The lowest BCUT2D eigenvalue weighted by atomic mass is 10.2. The number of benzene rings is 1. The number of nitrogens with zero attached hydrogens (tertiary/aromatic N) is 2. The molecule has 0 atom stereocenters. The van der Waals surface area contributed by atoms with Gasteiger partial charge in [-0.25, -0.2) is 4.79 Å². The number of pyridine rings is 1. The maximum absolute atomic E-state index is 11.8. The number of hydrogen-bond acceptors (Lipinski definition) is 4. The van der Waals surface area contributed by atoms with E-state index in [1.54, 1.807) is 30.6 Å². The second kappa shape index (κ2) is 4.03. The topological polar surface area (TPSA) is 74.0 Å². The Balaban J connectivity index is 2.17. The van der Waals surface area contributed by atoms with Crippen LogP contribution in [0.25, 0.3) is 11.1 Å². The second-order valence-electron chi connectivity index (χ2n) is 4.01. The summed E-state index contributed by atoms with van der Waals surface area (Å²) in [5.74, 6) is -0.410. The molecule has 3 aromatic rings. The van der Waals surface area contributed by atoms with Crippen molar-refractivity contribution in [2.24, 2.45) is 0 Å². The number of anilines is 1. The molecular formula is C13H11N3O2. The maximum Gasteiger partial charge on any atom is 0.420 e. The van der Waals surface area contributed by atoms with Crippen molar-refractivity contribution in [2.75, 3.05) is 5.73 Å². The van der Waals surface area contributed by atoms with E-state index in [0.717, 1.165) is 5.56 Å². The van der Waals surface area contributed by atoms with Gasteiger partial charge in [-0.2, -0.15) is 0 Å². The van der Waals surface area contributed by atoms with Crippen LogP contribution in [0.2, 0.25) is 0 Å². The lowest BCUT2D eigenvalue weighted by molar-refractivity contribution is 0.517. The van der Waals surface area contributed by atoms with Crippen LogP contribution in [0.3, 0.4) is 0 Å². The second-order valence-corrected chi connectivity index (χ2v) is 4.01. The third-order valence-electron chi connectivity index (χ3n) is 2.78. The van der Waals surface area contributed by atoms with E-state index in [1.165, 1.54) is 4.57 Å². The molecule has 0 spiro atoms. The summed E-state index contributed by atoms with van der Waals surface area (Å²) in [4.78, 5) is 15.8. The average Bonchev–Trinajstić information content (AvgIpc) is 2.69. The fourth-order valence-corrected chi connectivity index (χ4v) is 1.97. The van der Waals surface area contributed by atoms with Crippen LogP contribution in [-0.4, -0.2) is 9.55 Å². The summed E-state index contributed by atoms with van der Waals surface area (Å²) in [6.07, 6.45) is 3.40. The van der Waals surface area contributed by atoms with Gasteiger partial charge in [0.2, 0.25) is 0 Å². The molecule has 2 heterocycles. The zero-order valence-corrected chi connectivity index (χ0v) is 9.54. The van der Waals surface area contributed by atoms with E-state index >= 15 is 0 Å². The predicted molar refractivity (Wildman–Crippen MR) is 68.2 cm³/mol. The smallest absolute Gasteiger partial charge is 0.408 e. The van der Waals surface area contributed by atoms with E-state index in [4.69, 9.17) is 10.2 Å². The summed E-state index contributed by atoms with van der Waals surface area (Å²) < 4.78 is 6.67. The Morgan fingerprint density at radius 3 is 2.94 bits per heavy atom. The van der Waals surface area contributed by atoms with E-state index in [1.807, 2.05) is 12.1 Å². The molecule has 0 bridgehead atoms. The van der Waals surface area contributed by atoms with Gasteiger partial charge in [-0.05, 0) is 23.8 Å². The van der Waals surface area contributed by atoms with Crippen molar-refractivity contribution in [3.63, 3.8) is 0 Å². The molecule has 3 rings (SSSR count). The molecule has 0 aliphatic heterocycles. The molecule has 1 aromatic carbocycles. The minimum atomic E-state index is -0.410. The summed E-state index contributed by atoms with van der Waals surface area (Å²) in [5.41, 5.74) is 8.47. The summed E-state index contributed by atoms with van der Waals surface area (Å²) in [6, 6.07) is 8.96. The Labute approximate surface area is 102 Å². The van der Waals surface area contributed by atoms with Crippen molar-refractivity contribution in [1.29, 1.82) is 0 Å². The minimum Gasteiger partial charge on any atom is -0.408 e. The molecule has 0 unspecified atom stereocenters. The summed E-state index contributed by atoms with van der Waals surface area (Å²) >= 11 is 0. The van der Waals surface area contributed by atoms with E-state index in [-0.39, 0.29) is 0 Å². The molecule has 5 heteroatoms. The van der Waals surface area contributed by atoms with Crippen LogP contribution in [0.15, 0.2) is 51.9 Å². The van der Waals surface area contributed by atoms with Crippen molar-refractivity contribution < 1.29 is 4.42 Å². The molecule has 0 saturated heterocycles. The lowest BCUT2D eigenvalue weighted by Crippen LogP contribution is -2.15. The Morgan fingerprint density at radius 2 is 2.17 bits per heavy atom. The van der Waals surface area contributed by atoms with Crippen LogP contribution in [0.4, 0.5) is 5.69 Å². The molecule has 18 heavy (non-hydrogen) atoms. The van der Waals surface area contributed by atoms with Crippen molar-refractivity contribution in [3.05, 3.63) is 58.8 Å². The molecule has 0 aliphatic carbocycles. The molecule has 90 valence electrons. The van der Waals surface area contributed by atoms with Crippen LogP contribution in [0.5, 0.6) is 0 Å². The Morgan fingerprint density at radius 1 is 1.28 bits per heavy atom. The van der Waals surface area contributed by atoms with Crippen molar-refractivity contribution in [1.82, 2.24) is 9.55 Å². The van der Waals surface area contributed by atoms with Gasteiger partial charge in [0.1, 0.15) is 5.52 Å². The highest BCUT2D eigenvalue weighted by molar-refractivity contribution is 5.85. The molecule has 0 fully saturated rings. The minimum absolute atomic E-state index is 0.397.